The molecule has 0 atom stereocenters. The van der Waals surface area contributed by atoms with Crippen LogP contribution in [0.1, 0.15) is 11.3 Å². The second kappa shape index (κ2) is 7.82. The monoisotopic (exact) mass is 431 g/mol. The Hall–Kier alpha value is -2.35. The number of aromatic nitrogens is 1. The lowest BCUT2D eigenvalue weighted by Gasteiger charge is -2.35. The van der Waals surface area contributed by atoms with E-state index in [4.69, 9.17) is 16.1 Å². The Bertz CT molecular complexity index is 1140. The molecule has 1 aromatic heterocycles. The molecule has 2 aromatic carbocycles. The summed E-state index contributed by atoms with van der Waals surface area (Å²) in [5, 5.41) is 4.57. The van der Waals surface area contributed by atoms with Gasteiger partial charge in [0.15, 0.2) is 5.76 Å². The minimum Gasteiger partial charge on any atom is -0.369 e. The number of anilines is 1. The van der Waals surface area contributed by atoms with Gasteiger partial charge in [0, 0.05) is 48.5 Å². The van der Waals surface area contributed by atoms with Gasteiger partial charge in [0.25, 0.3) is 0 Å². The quantitative estimate of drug-likeness (QED) is 0.621. The molecule has 4 rings (SSSR count). The van der Waals surface area contributed by atoms with Crippen LogP contribution in [0.4, 0.5) is 5.69 Å². The Morgan fingerprint density at radius 1 is 1.00 bits per heavy atom. The predicted octanol–water partition coefficient (Wildman–Crippen LogP) is 4.12. The van der Waals surface area contributed by atoms with E-state index >= 15 is 0 Å². The molecule has 0 saturated carbocycles. The number of halogens is 1. The third kappa shape index (κ3) is 4.03. The minimum atomic E-state index is -3.57. The number of benzene rings is 2. The first-order chi connectivity index (χ1) is 13.8. The zero-order valence-corrected chi connectivity index (χ0v) is 17.9. The van der Waals surface area contributed by atoms with E-state index in [1.54, 1.807) is 16.4 Å². The molecule has 1 saturated heterocycles. The molecule has 2 heterocycles. The lowest BCUT2D eigenvalue weighted by atomic mass is 10.1. The van der Waals surface area contributed by atoms with Crippen LogP contribution in [0.15, 0.2) is 57.9 Å². The summed E-state index contributed by atoms with van der Waals surface area (Å²) in [5.74, 6) is 0.629. The summed E-state index contributed by atoms with van der Waals surface area (Å²) in [4.78, 5) is 2.48. The number of rotatable bonds is 4. The van der Waals surface area contributed by atoms with Gasteiger partial charge in [-0.1, -0.05) is 22.8 Å². The van der Waals surface area contributed by atoms with Gasteiger partial charge >= 0.3 is 0 Å². The molecular weight excluding hydrogens is 410 g/mol. The van der Waals surface area contributed by atoms with Crippen LogP contribution in [0, 0.1) is 13.8 Å². The fourth-order valence-corrected chi connectivity index (χ4v) is 5.40. The molecule has 1 aliphatic rings. The van der Waals surface area contributed by atoms with Crippen LogP contribution in [-0.2, 0) is 10.0 Å². The third-order valence-electron chi connectivity index (χ3n) is 5.12. The number of hydrogen-bond acceptors (Lipinski definition) is 5. The van der Waals surface area contributed by atoms with E-state index in [0.717, 1.165) is 16.9 Å². The smallest absolute Gasteiger partial charge is 0.243 e. The average Bonchev–Trinajstić information content (AvgIpc) is 3.14. The number of sulfonamides is 1. The normalized spacial score (nSPS) is 15.6. The van der Waals surface area contributed by atoms with Crippen molar-refractivity contribution in [1.29, 1.82) is 0 Å². The lowest BCUT2D eigenvalue weighted by molar-refractivity contribution is 0.384. The Morgan fingerprint density at radius 3 is 2.38 bits per heavy atom. The first-order valence-corrected chi connectivity index (χ1v) is 11.2. The summed E-state index contributed by atoms with van der Waals surface area (Å²) in [6, 6.07) is 14.7. The number of aryl methyl sites for hydroxylation is 2. The van der Waals surface area contributed by atoms with Crippen LogP contribution in [0.5, 0.6) is 0 Å². The summed E-state index contributed by atoms with van der Waals surface area (Å²) >= 11 is 6.08. The van der Waals surface area contributed by atoms with Gasteiger partial charge < -0.3 is 9.42 Å². The Morgan fingerprint density at radius 2 is 1.76 bits per heavy atom. The second-order valence-corrected chi connectivity index (χ2v) is 9.53. The van der Waals surface area contributed by atoms with E-state index in [9.17, 15) is 8.42 Å². The molecular formula is C21H22ClN3O3S. The molecule has 0 unspecified atom stereocenters. The molecule has 0 amide bonds. The standard InChI is InChI=1S/C21H22ClN3O3S/c1-15-12-17(20-13-16(2)23-28-20)6-7-21(15)29(26,27)25-10-8-24(9-11-25)19-5-3-4-18(22)14-19/h3-7,12-14H,8-11H2,1-2H3. The number of nitrogens with zero attached hydrogens (tertiary/aromatic N) is 3. The van der Waals surface area contributed by atoms with E-state index in [-0.39, 0.29) is 0 Å². The van der Waals surface area contributed by atoms with Gasteiger partial charge in [-0.3, -0.25) is 0 Å². The van der Waals surface area contributed by atoms with Crippen molar-refractivity contribution in [2.45, 2.75) is 18.7 Å². The zero-order chi connectivity index (χ0) is 20.6. The van der Waals surface area contributed by atoms with E-state index < -0.39 is 10.0 Å². The van der Waals surface area contributed by atoms with Crippen molar-refractivity contribution in [1.82, 2.24) is 9.46 Å². The lowest BCUT2D eigenvalue weighted by Crippen LogP contribution is -2.48. The van der Waals surface area contributed by atoms with Crippen molar-refractivity contribution in [2.24, 2.45) is 0 Å². The summed E-state index contributed by atoms with van der Waals surface area (Å²) in [7, 11) is -3.57. The summed E-state index contributed by atoms with van der Waals surface area (Å²) in [6.45, 7) is 5.75. The van der Waals surface area contributed by atoms with E-state index in [1.165, 1.54) is 0 Å². The van der Waals surface area contributed by atoms with Crippen molar-refractivity contribution in [2.75, 3.05) is 31.1 Å². The molecule has 1 aliphatic heterocycles. The maximum absolute atomic E-state index is 13.2. The Balaban J connectivity index is 1.52. The third-order valence-corrected chi connectivity index (χ3v) is 7.41. The van der Waals surface area contributed by atoms with E-state index in [2.05, 4.69) is 10.1 Å². The highest BCUT2D eigenvalue weighted by Gasteiger charge is 2.30. The Labute approximate surface area is 175 Å². The summed E-state index contributed by atoms with van der Waals surface area (Å²) in [5.41, 5.74) is 3.30. The Kier molecular flexibility index (Phi) is 5.38. The highest BCUT2D eigenvalue weighted by Crippen LogP contribution is 2.28. The fraction of sp³-hybridized carbons (Fsp3) is 0.286. The topological polar surface area (TPSA) is 66.7 Å². The maximum atomic E-state index is 13.2. The van der Waals surface area contributed by atoms with Crippen LogP contribution < -0.4 is 4.90 Å². The van der Waals surface area contributed by atoms with Crippen LogP contribution >= 0.6 is 11.6 Å². The van der Waals surface area contributed by atoms with Crippen LogP contribution in [0.3, 0.4) is 0 Å². The van der Waals surface area contributed by atoms with E-state index in [1.807, 2.05) is 50.2 Å². The van der Waals surface area contributed by atoms with E-state index in [0.29, 0.717) is 47.4 Å². The number of hydrogen-bond donors (Lipinski definition) is 0. The number of piperazine rings is 1. The average molecular weight is 432 g/mol. The first-order valence-electron chi connectivity index (χ1n) is 9.39. The fourth-order valence-electron chi connectivity index (χ4n) is 3.59. The second-order valence-electron chi connectivity index (χ2n) is 7.18. The van der Waals surface area contributed by atoms with Crippen molar-refractivity contribution in [3.05, 3.63) is 64.8 Å². The van der Waals surface area contributed by atoms with Gasteiger partial charge in [-0.15, -0.1) is 0 Å². The molecule has 6 nitrogen and oxygen atoms in total. The molecule has 0 spiro atoms. The molecule has 1 fully saturated rings. The SMILES string of the molecule is Cc1cc(-c2ccc(S(=O)(=O)N3CCN(c4cccc(Cl)c4)CC3)c(C)c2)on1. The molecule has 3 aromatic rings. The summed E-state index contributed by atoms with van der Waals surface area (Å²) in [6.07, 6.45) is 0. The molecule has 0 N–H and O–H groups in total. The first kappa shape index (κ1) is 19.9. The molecule has 8 heteroatoms. The van der Waals surface area contributed by atoms with Gasteiger partial charge in [0.05, 0.1) is 10.6 Å². The highest BCUT2D eigenvalue weighted by atomic mass is 35.5. The van der Waals surface area contributed by atoms with Crippen LogP contribution in [0.2, 0.25) is 5.02 Å². The van der Waals surface area contributed by atoms with Crippen molar-refractivity contribution < 1.29 is 12.9 Å². The maximum Gasteiger partial charge on any atom is 0.243 e. The highest BCUT2D eigenvalue weighted by molar-refractivity contribution is 7.89. The largest absolute Gasteiger partial charge is 0.369 e. The van der Waals surface area contributed by atoms with Crippen molar-refractivity contribution in [3.8, 4) is 11.3 Å². The van der Waals surface area contributed by atoms with Crippen LogP contribution in [0.25, 0.3) is 11.3 Å². The van der Waals surface area contributed by atoms with Crippen LogP contribution in [-0.4, -0.2) is 44.1 Å². The minimum absolute atomic E-state index is 0.327. The van der Waals surface area contributed by atoms with Crippen molar-refractivity contribution >= 4 is 27.3 Å². The molecule has 29 heavy (non-hydrogen) atoms. The van der Waals surface area contributed by atoms with Gasteiger partial charge in [0.1, 0.15) is 0 Å². The predicted molar refractivity (Wildman–Crippen MR) is 114 cm³/mol. The van der Waals surface area contributed by atoms with Gasteiger partial charge in [-0.05, 0) is 55.8 Å². The molecule has 0 radical (unpaired) electrons. The molecule has 0 aliphatic carbocycles. The molecule has 0 bridgehead atoms. The van der Waals surface area contributed by atoms with Crippen molar-refractivity contribution in [3.63, 3.8) is 0 Å². The van der Waals surface area contributed by atoms with Gasteiger partial charge in [-0.2, -0.15) is 4.31 Å². The zero-order valence-electron chi connectivity index (χ0n) is 16.3. The summed E-state index contributed by atoms with van der Waals surface area (Å²) < 4.78 is 33.3. The van der Waals surface area contributed by atoms with Gasteiger partial charge in [-0.25, -0.2) is 8.42 Å². The molecule has 152 valence electrons. The van der Waals surface area contributed by atoms with Gasteiger partial charge in [0.2, 0.25) is 10.0 Å².